The number of benzene rings is 2. The number of nitrogens with two attached hydrogens (primary N) is 2. The molecule has 1 aliphatic carbocycles. The maximum Gasteiger partial charge on any atom is 0.331 e. The van der Waals surface area contributed by atoms with E-state index in [-0.39, 0.29) is 18.5 Å². The van der Waals surface area contributed by atoms with Crippen LogP contribution in [0, 0.1) is 11.8 Å². The highest BCUT2D eigenvalue weighted by molar-refractivity contribution is 5.87. The summed E-state index contributed by atoms with van der Waals surface area (Å²) in [5.74, 6) is 0.545. The van der Waals surface area contributed by atoms with Gasteiger partial charge in [0.15, 0.2) is 0 Å². The van der Waals surface area contributed by atoms with Crippen LogP contribution in [0.1, 0.15) is 43.7 Å². The molecule has 2 aromatic carbocycles. The van der Waals surface area contributed by atoms with Gasteiger partial charge in [-0.15, -0.1) is 0 Å². The van der Waals surface area contributed by atoms with Gasteiger partial charge in [-0.2, -0.15) is 0 Å². The minimum absolute atomic E-state index is 0.00968. The van der Waals surface area contributed by atoms with Gasteiger partial charge in [0.25, 0.3) is 0 Å². The van der Waals surface area contributed by atoms with Crippen molar-refractivity contribution >= 4 is 29.4 Å². The first-order chi connectivity index (χ1) is 14.4. The van der Waals surface area contributed by atoms with Crippen molar-refractivity contribution in [1.82, 2.24) is 0 Å². The molecule has 0 heterocycles. The molecule has 2 aromatic rings. The molecule has 0 aromatic heterocycles. The van der Waals surface area contributed by atoms with Gasteiger partial charge in [-0.3, -0.25) is 4.79 Å². The molecule has 0 amide bonds. The summed E-state index contributed by atoms with van der Waals surface area (Å²) in [5, 5.41) is 0. The van der Waals surface area contributed by atoms with Crippen LogP contribution in [0.5, 0.6) is 5.75 Å². The monoisotopic (exact) mass is 408 g/mol. The molecule has 1 aliphatic rings. The normalized spacial score (nSPS) is 18.8. The van der Waals surface area contributed by atoms with Gasteiger partial charge in [0.1, 0.15) is 12.4 Å². The van der Waals surface area contributed by atoms with E-state index in [9.17, 15) is 9.59 Å². The molecule has 6 heteroatoms. The minimum atomic E-state index is -0.487. The van der Waals surface area contributed by atoms with E-state index in [1.807, 2.05) is 0 Å². The standard InChI is InChI=1S/C24H28N2O4/c1-16-2-7-18(8-3-16)24(28)30-21-10-4-17(5-11-21)6-13-23(27)29-15-19-14-20(25)9-12-22(19)26/h4-6,9-14,16,18H,2-3,7-8,15,25-26H2,1H3/b13-6+. The zero-order valence-electron chi connectivity index (χ0n) is 17.2. The van der Waals surface area contributed by atoms with Crippen LogP contribution >= 0.6 is 0 Å². The number of anilines is 2. The highest BCUT2D eigenvalue weighted by atomic mass is 16.5. The molecular weight excluding hydrogens is 380 g/mol. The molecule has 30 heavy (non-hydrogen) atoms. The average Bonchev–Trinajstić information content (AvgIpc) is 2.74. The second-order valence-corrected chi connectivity index (χ2v) is 7.85. The Morgan fingerprint density at radius 1 is 1.03 bits per heavy atom. The van der Waals surface area contributed by atoms with E-state index in [0.29, 0.717) is 28.6 Å². The van der Waals surface area contributed by atoms with E-state index in [2.05, 4.69) is 6.92 Å². The topological polar surface area (TPSA) is 105 Å². The summed E-state index contributed by atoms with van der Waals surface area (Å²) in [6.45, 7) is 2.27. The Hall–Kier alpha value is -3.28. The largest absolute Gasteiger partial charge is 0.458 e. The van der Waals surface area contributed by atoms with Crippen LogP contribution in [-0.2, 0) is 20.9 Å². The molecule has 158 valence electrons. The van der Waals surface area contributed by atoms with Gasteiger partial charge in [-0.05, 0) is 73.6 Å². The SMILES string of the molecule is CC1CCC(C(=O)Oc2ccc(/C=C/C(=O)OCc3cc(N)ccc3N)cc2)CC1. The van der Waals surface area contributed by atoms with Crippen molar-refractivity contribution in [1.29, 1.82) is 0 Å². The number of rotatable bonds is 6. The molecule has 1 saturated carbocycles. The van der Waals surface area contributed by atoms with Crippen LogP contribution in [-0.4, -0.2) is 11.9 Å². The molecule has 3 rings (SSSR count). The van der Waals surface area contributed by atoms with E-state index in [4.69, 9.17) is 20.9 Å². The number of hydrogen-bond donors (Lipinski definition) is 2. The highest BCUT2D eigenvalue weighted by Gasteiger charge is 2.25. The fourth-order valence-electron chi connectivity index (χ4n) is 3.45. The van der Waals surface area contributed by atoms with Crippen LogP contribution in [0.15, 0.2) is 48.5 Å². The number of nitrogen functional groups attached to an aromatic ring is 2. The maximum atomic E-state index is 12.3. The Balaban J connectivity index is 1.48. The van der Waals surface area contributed by atoms with E-state index >= 15 is 0 Å². The minimum Gasteiger partial charge on any atom is -0.458 e. The molecule has 0 aliphatic heterocycles. The molecule has 0 atom stereocenters. The quantitative estimate of drug-likeness (QED) is 0.319. The van der Waals surface area contributed by atoms with Gasteiger partial charge in [0, 0.05) is 23.0 Å². The zero-order chi connectivity index (χ0) is 21.5. The smallest absolute Gasteiger partial charge is 0.331 e. The molecule has 0 spiro atoms. The number of carbonyl (C=O) groups excluding carboxylic acids is 2. The van der Waals surface area contributed by atoms with Crippen LogP contribution in [0.25, 0.3) is 6.08 Å². The lowest BCUT2D eigenvalue weighted by Crippen LogP contribution is -2.24. The summed E-state index contributed by atoms with van der Waals surface area (Å²) < 4.78 is 10.7. The molecule has 4 N–H and O–H groups in total. The predicted molar refractivity (Wildman–Crippen MR) is 117 cm³/mol. The summed E-state index contributed by atoms with van der Waals surface area (Å²) in [6.07, 6.45) is 6.91. The Labute approximate surface area is 176 Å². The summed E-state index contributed by atoms with van der Waals surface area (Å²) in [5.41, 5.74) is 14.1. The Morgan fingerprint density at radius 3 is 2.43 bits per heavy atom. The molecule has 0 radical (unpaired) electrons. The third kappa shape index (κ3) is 6.11. The van der Waals surface area contributed by atoms with Crippen molar-refractivity contribution in [3.05, 3.63) is 59.7 Å². The lowest BCUT2D eigenvalue weighted by atomic mass is 9.83. The van der Waals surface area contributed by atoms with E-state index < -0.39 is 5.97 Å². The van der Waals surface area contributed by atoms with Gasteiger partial charge in [-0.25, -0.2) is 4.79 Å². The summed E-state index contributed by atoms with van der Waals surface area (Å²) in [7, 11) is 0. The first-order valence-corrected chi connectivity index (χ1v) is 10.2. The van der Waals surface area contributed by atoms with Crippen molar-refractivity contribution < 1.29 is 19.1 Å². The summed E-state index contributed by atoms with van der Waals surface area (Å²) in [6, 6.07) is 12.1. The first kappa shape index (κ1) is 21.4. The van der Waals surface area contributed by atoms with Crippen LogP contribution in [0.3, 0.4) is 0 Å². The summed E-state index contributed by atoms with van der Waals surface area (Å²) >= 11 is 0. The molecular formula is C24H28N2O4. The Morgan fingerprint density at radius 2 is 1.73 bits per heavy atom. The van der Waals surface area contributed by atoms with Gasteiger partial charge in [0.2, 0.25) is 0 Å². The first-order valence-electron chi connectivity index (χ1n) is 10.2. The van der Waals surface area contributed by atoms with E-state index in [0.717, 1.165) is 31.2 Å². The number of carbonyl (C=O) groups is 2. The van der Waals surface area contributed by atoms with Crippen molar-refractivity contribution in [3.8, 4) is 5.75 Å². The Kier molecular flexibility index (Phi) is 7.12. The van der Waals surface area contributed by atoms with Crippen LogP contribution in [0.2, 0.25) is 0 Å². The van der Waals surface area contributed by atoms with E-state index in [1.165, 1.54) is 6.08 Å². The third-order valence-electron chi connectivity index (χ3n) is 5.40. The second-order valence-electron chi connectivity index (χ2n) is 7.85. The van der Waals surface area contributed by atoms with Gasteiger partial charge in [0.05, 0.1) is 5.92 Å². The fourth-order valence-corrected chi connectivity index (χ4v) is 3.45. The summed E-state index contributed by atoms with van der Waals surface area (Å²) in [4.78, 5) is 24.2. The average molecular weight is 408 g/mol. The maximum absolute atomic E-state index is 12.3. The lowest BCUT2D eigenvalue weighted by Gasteiger charge is -2.24. The van der Waals surface area contributed by atoms with Gasteiger partial charge in [-0.1, -0.05) is 19.1 Å². The van der Waals surface area contributed by atoms with E-state index in [1.54, 1.807) is 48.5 Å². The molecule has 6 nitrogen and oxygen atoms in total. The third-order valence-corrected chi connectivity index (χ3v) is 5.40. The highest BCUT2D eigenvalue weighted by Crippen LogP contribution is 2.29. The molecule has 1 fully saturated rings. The zero-order valence-corrected chi connectivity index (χ0v) is 17.2. The molecule has 0 unspecified atom stereocenters. The van der Waals surface area contributed by atoms with Gasteiger partial charge >= 0.3 is 11.9 Å². The molecule has 0 saturated heterocycles. The predicted octanol–water partition coefficient (Wildman–Crippen LogP) is 4.34. The van der Waals surface area contributed by atoms with Gasteiger partial charge < -0.3 is 20.9 Å². The lowest BCUT2D eigenvalue weighted by molar-refractivity contribution is -0.140. The number of esters is 2. The van der Waals surface area contributed by atoms with Crippen molar-refractivity contribution in [2.24, 2.45) is 11.8 Å². The number of hydrogen-bond acceptors (Lipinski definition) is 6. The molecule has 0 bridgehead atoms. The van der Waals surface area contributed by atoms with Crippen LogP contribution in [0.4, 0.5) is 11.4 Å². The Bertz CT molecular complexity index is 913. The fraction of sp³-hybridized carbons (Fsp3) is 0.333. The van der Waals surface area contributed by atoms with Crippen molar-refractivity contribution in [2.75, 3.05) is 11.5 Å². The second kappa shape index (κ2) is 9.96. The number of ether oxygens (including phenoxy) is 2. The van der Waals surface area contributed by atoms with Crippen LogP contribution < -0.4 is 16.2 Å². The van der Waals surface area contributed by atoms with Crippen molar-refractivity contribution in [3.63, 3.8) is 0 Å². The van der Waals surface area contributed by atoms with Crippen molar-refractivity contribution in [2.45, 2.75) is 39.2 Å².